The highest BCUT2D eigenvalue weighted by Gasteiger charge is 2.29. The number of rotatable bonds is 2. The van der Waals surface area contributed by atoms with E-state index in [1.54, 1.807) is 18.2 Å². The van der Waals surface area contributed by atoms with Gasteiger partial charge in [-0.25, -0.2) is 0 Å². The Kier molecular flexibility index (Phi) is 2.70. The first-order valence-corrected chi connectivity index (χ1v) is 5.29. The fourth-order valence-electron chi connectivity index (χ4n) is 1.18. The average molecular weight is 228 g/mol. The highest BCUT2D eigenvalue weighted by atomic mass is 35.5. The van der Waals surface area contributed by atoms with Gasteiger partial charge in [0, 0.05) is 16.5 Å². The Bertz CT molecular complexity index is 376. The Morgan fingerprint density at radius 3 is 2.79 bits per heavy atom. The Hall–Kier alpha value is -0.670. The summed E-state index contributed by atoms with van der Waals surface area (Å²) in [4.78, 5) is 12.1. The van der Waals surface area contributed by atoms with Crippen molar-refractivity contribution in [3.05, 3.63) is 23.2 Å². The van der Waals surface area contributed by atoms with Crippen molar-refractivity contribution in [3.8, 4) is 0 Å². The zero-order chi connectivity index (χ0) is 10.1. The molecule has 1 aliphatic carbocycles. The second-order valence-corrected chi connectivity index (χ2v) is 4.32. The number of anilines is 1. The van der Waals surface area contributed by atoms with E-state index in [1.807, 2.05) is 0 Å². The van der Waals surface area contributed by atoms with Crippen molar-refractivity contribution >= 4 is 35.8 Å². The van der Waals surface area contributed by atoms with Crippen LogP contribution >= 0.6 is 24.2 Å². The lowest BCUT2D eigenvalue weighted by Gasteiger charge is -2.05. The van der Waals surface area contributed by atoms with Crippen LogP contribution in [0.25, 0.3) is 0 Å². The Labute approximate surface area is 93.1 Å². The summed E-state index contributed by atoms with van der Waals surface area (Å²) in [6, 6.07) is 5.26. The number of amides is 1. The van der Waals surface area contributed by atoms with Gasteiger partial charge in [0.25, 0.3) is 0 Å². The summed E-state index contributed by atoms with van der Waals surface area (Å²) >= 11 is 9.98. The molecule has 0 bridgehead atoms. The Balaban J connectivity index is 2.08. The first-order valence-electron chi connectivity index (χ1n) is 4.46. The topological polar surface area (TPSA) is 29.1 Å². The summed E-state index contributed by atoms with van der Waals surface area (Å²) in [7, 11) is 0. The van der Waals surface area contributed by atoms with Crippen molar-refractivity contribution in [1.82, 2.24) is 0 Å². The molecule has 14 heavy (non-hydrogen) atoms. The molecule has 4 heteroatoms. The van der Waals surface area contributed by atoms with Crippen molar-refractivity contribution in [2.75, 3.05) is 5.32 Å². The van der Waals surface area contributed by atoms with E-state index >= 15 is 0 Å². The van der Waals surface area contributed by atoms with Crippen LogP contribution in [0, 0.1) is 5.92 Å². The van der Waals surface area contributed by atoms with Gasteiger partial charge >= 0.3 is 0 Å². The molecular weight excluding hydrogens is 218 g/mol. The number of halogens is 1. The van der Waals surface area contributed by atoms with Gasteiger partial charge in [0.15, 0.2) is 0 Å². The van der Waals surface area contributed by atoms with Gasteiger partial charge in [-0.15, -0.1) is 12.6 Å². The minimum Gasteiger partial charge on any atom is -0.326 e. The molecule has 0 unspecified atom stereocenters. The van der Waals surface area contributed by atoms with Gasteiger partial charge in [-0.05, 0) is 31.0 Å². The number of thiol groups is 1. The molecule has 0 aromatic heterocycles. The molecule has 1 aromatic carbocycles. The van der Waals surface area contributed by atoms with Gasteiger partial charge in [0.1, 0.15) is 0 Å². The number of hydrogen-bond acceptors (Lipinski definition) is 2. The SMILES string of the molecule is O=C(Nc1ccc(Cl)c(S)c1)C1CC1. The molecule has 1 fully saturated rings. The van der Waals surface area contributed by atoms with Gasteiger partial charge in [-0.2, -0.15) is 0 Å². The highest BCUT2D eigenvalue weighted by Crippen LogP contribution is 2.31. The fourth-order valence-corrected chi connectivity index (χ4v) is 1.51. The second-order valence-electron chi connectivity index (χ2n) is 3.43. The second kappa shape index (κ2) is 3.83. The monoisotopic (exact) mass is 227 g/mol. The predicted molar refractivity (Wildman–Crippen MR) is 60.1 cm³/mol. The summed E-state index contributed by atoms with van der Waals surface area (Å²) in [6.07, 6.45) is 2.01. The number of carbonyl (C=O) groups is 1. The highest BCUT2D eigenvalue weighted by molar-refractivity contribution is 7.80. The van der Waals surface area contributed by atoms with E-state index in [4.69, 9.17) is 11.6 Å². The van der Waals surface area contributed by atoms with Crippen molar-refractivity contribution in [3.63, 3.8) is 0 Å². The van der Waals surface area contributed by atoms with Crippen LogP contribution in [-0.2, 0) is 4.79 Å². The number of carbonyl (C=O) groups excluding carboxylic acids is 1. The summed E-state index contributed by atoms with van der Waals surface area (Å²) in [5.74, 6) is 0.314. The molecule has 0 radical (unpaired) electrons. The Morgan fingerprint density at radius 1 is 1.50 bits per heavy atom. The maximum absolute atomic E-state index is 11.4. The van der Waals surface area contributed by atoms with Crippen molar-refractivity contribution in [2.24, 2.45) is 5.92 Å². The van der Waals surface area contributed by atoms with Crippen LogP contribution in [0.3, 0.4) is 0 Å². The molecule has 2 rings (SSSR count). The summed E-state index contributed by atoms with van der Waals surface area (Å²) in [5.41, 5.74) is 0.760. The lowest BCUT2D eigenvalue weighted by Crippen LogP contribution is -2.13. The standard InChI is InChI=1S/C10H10ClNOS/c11-8-4-3-7(5-9(8)14)12-10(13)6-1-2-6/h3-6,14H,1-2H2,(H,12,13). The first-order chi connectivity index (χ1) is 6.66. The first kappa shape index (κ1) is 9.87. The van der Waals surface area contributed by atoms with Gasteiger partial charge in [-0.1, -0.05) is 11.6 Å². The van der Waals surface area contributed by atoms with Crippen molar-refractivity contribution in [1.29, 1.82) is 0 Å². The molecule has 1 amide bonds. The Morgan fingerprint density at radius 2 is 2.21 bits per heavy atom. The third kappa shape index (κ3) is 2.22. The van der Waals surface area contributed by atoms with Crippen LogP contribution in [0.4, 0.5) is 5.69 Å². The van der Waals surface area contributed by atoms with E-state index in [0.717, 1.165) is 18.5 Å². The number of nitrogens with one attached hydrogen (secondary N) is 1. The minimum atomic E-state index is 0.0973. The third-order valence-electron chi connectivity index (χ3n) is 2.16. The number of benzene rings is 1. The molecule has 2 nitrogen and oxygen atoms in total. The van der Waals surface area contributed by atoms with Gasteiger partial charge in [0.2, 0.25) is 5.91 Å². The number of hydrogen-bond donors (Lipinski definition) is 2. The van der Waals surface area contributed by atoms with Gasteiger partial charge in [-0.3, -0.25) is 4.79 Å². The third-order valence-corrected chi connectivity index (χ3v) is 2.99. The lowest BCUT2D eigenvalue weighted by atomic mass is 10.3. The molecule has 1 aliphatic rings. The minimum absolute atomic E-state index is 0.0973. The van der Waals surface area contributed by atoms with Crippen molar-refractivity contribution in [2.45, 2.75) is 17.7 Å². The smallest absolute Gasteiger partial charge is 0.227 e. The molecule has 0 heterocycles. The zero-order valence-corrected chi connectivity index (χ0v) is 9.11. The average Bonchev–Trinajstić information content (AvgIpc) is 2.94. The molecule has 1 saturated carbocycles. The van der Waals surface area contributed by atoms with Crippen LogP contribution in [0.15, 0.2) is 23.1 Å². The van der Waals surface area contributed by atoms with E-state index in [1.165, 1.54) is 0 Å². The largest absolute Gasteiger partial charge is 0.326 e. The quantitative estimate of drug-likeness (QED) is 0.748. The maximum Gasteiger partial charge on any atom is 0.227 e. The van der Waals surface area contributed by atoms with E-state index in [0.29, 0.717) is 9.92 Å². The summed E-state index contributed by atoms with van der Waals surface area (Å²) in [5, 5.41) is 3.42. The van der Waals surface area contributed by atoms with Gasteiger partial charge in [0.05, 0.1) is 5.02 Å². The molecule has 0 spiro atoms. The van der Waals surface area contributed by atoms with E-state index < -0.39 is 0 Å². The molecule has 0 aliphatic heterocycles. The predicted octanol–water partition coefficient (Wildman–Crippen LogP) is 2.98. The summed E-state index contributed by atoms with van der Waals surface area (Å²) in [6.45, 7) is 0. The van der Waals surface area contributed by atoms with Crippen LogP contribution < -0.4 is 5.32 Å². The van der Waals surface area contributed by atoms with Crippen LogP contribution in [0.5, 0.6) is 0 Å². The van der Waals surface area contributed by atoms with Crippen LogP contribution in [-0.4, -0.2) is 5.91 Å². The molecule has 1 aromatic rings. The normalized spacial score (nSPS) is 15.3. The van der Waals surface area contributed by atoms with Gasteiger partial charge < -0.3 is 5.32 Å². The molecule has 0 saturated heterocycles. The van der Waals surface area contributed by atoms with E-state index in [-0.39, 0.29) is 11.8 Å². The lowest BCUT2D eigenvalue weighted by molar-refractivity contribution is -0.117. The summed E-state index contributed by atoms with van der Waals surface area (Å²) < 4.78 is 0. The molecule has 0 atom stereocenters. The van der Waals surface area contributed by atoms with Crippen molar-refractivity contribution < 1.29 is 4.79 Å². The molecular formula is C10H10ClNOS. The fraction of sp³-hybridized carbons (Fsp3) is 0.300. The van der Waals surface area contributed by atoms with Crippen LogP contribution in [0.2, 0.25) is 5.02 Å². The molecule has 1 N–H and O–H groups in total. The van der Waals surface area contributed by atoms with E-state index in [2.05, 4.69) is 17.9 Å². The zero-order valence-electron chi connectivity index (χ0n) is 7.46. The molecule has 74 valence electrons. The van der Waals surface area contributed by atoms with E-state index in [9.17, 15) is 4.79 Å². The maximum atomic E-state index is 11.4. The van der Waals surface area contributed by atoms with Crippen LogP contribution in [0.1, 0.15) is 12.8 Å².